The second kappa shape index (κ2) is 7.31. The number of rotatable bonds is 5. The van der Waals surface area contributed by atoms with Crippen LogP contribution in [0.4, 0.5) is 0 Å². The molecule has 0 saturated carbocycles. The third kappa shape index (κ3) is 3.56. The van der Waals surface area contributed by atoms with Crippen molar-refractivity contribution in [3.63, 3.8) is 0 Å². The first-order valence-corrected chi connectivity index (χ1v) is 9.83. The molecule has 142 valence electrons. The Bertz CT molecular complexity index is 924. The highest BCUT2D eigenvalue weighted by Gasteiger charge is 2.30. The van der Waals surface area contributed by atoms with E-state index >= 15 is 0 Å². The second-order valence-corrected chi connectivity index (χ2v) is 8.01. The predicted molar refractivity (Wildman–Crippen MR) is 106 cm³/mol. The fourth-order valence-corrected chi connectivity index (χ4v) is 3.88. The highest BCUT2D eigenvalue weighted by molar-refractivity contribution is 5.64. The van der Waals surface area contributed by atoms with E-state index in [1.165, 1.54) is 28.7 Å². The maximum absolute atomic E-state index is 5.54. The summed E-state index contributed by atoms with van der Waals surface area (Å²) in [5.41, 5.74) is 7.23. The zero-order chi connectivity index (χ0) is 19.0. The van der Waals surface area contributed by atoms with Crippen LogP contribution in [-0.4, -0.2) is 26.8 Å². The molecule has 5 heteroatoms. The van der Waals surface area contributed by atoms with Crippen LogP contribution < -0.4 is 0 Å². The molecular weight excluding hydrogens is 336 g/mol. The summed E-state index contributed by atoms with van der Waals surface area (Å²) in [5, 5.41) is 11.9. The Morgan fingerprint density at radius 1 is 1.22 bits per heavy atom. The van der Waals surface area contributed by atoms with Gasteiger partial charge >= 0.3 is 0 Å². The van der Waals surface area contributed by atoms with Gasteiger partial charge in [-0.15, -0.1) is 0 Å². The summed E-state index contributed by atoms with van der Waals surface area (Å²) < 4.78 is 5.54. The van der Waals surface area contributed by atoms with Gasteiger partial charge in [-0.1, -0.05) is 31.1 Å². The summed E-state index contributed by atoms with van der Waals surface area (Å²) >= 11 is 0. The average molecular weight is 364 g/mol. The topological polar surface area (TPSA) is 58.0 Å². The standard InChI is InChI=1S/C22H28N4O/c1-14(2)21-11-19(25-27-21)20-6-5-9-26(20)13-18-12-23-24-22(18)17-8-7-15(3)16(4)10-17/h7-8,10-12,14,20H,5-6,9,13H2,1-4H3,(H,23,24). The number of benzene rings is 1. The number of likely N-dealkylation sites (tertiary alicyclic amines) is 1. The van der Waals surface area contributed by atoms with E-state index < -0.39 is 0 Å². The largest absolute Gasteiger partial charge is 0.361 e. The van der Waals surface area contributed by atoms with Gasteiger partial charge in [0.05, 0.1) is 17.9 Å². The van der Waals surface area contributed by atoms with Crippen LogP contribution in [0.3, 0.4) is 0 Å². The molecule has 0 amide bonds. The van der Waals surface area contributed by atoms with Gasteiger partial charge in [0, 0.05) is 29.7 Å². The molecule has 3 heterocycles. The van der Waals surface area contributed by atoms with Gasteiger partial charge in [0.25, 0.3) is 0 Å². The van der Waals surface area contributed by atoms with Crippen LogP contribution in [0.2, 0.25) is 0 Å². The number of aryl methyl sites for hydroxylation is 2. The zero-order valence-corrected chi connectivity index (χ0v) is 16.6. The monoisotopic (exact) mass is 364 g/mol. The van der Waals surface area contributed by atoms with E-state index in [0.717, 1.165) is 36.7 Å². The minimum Gasteiger partial charge on any atom is -0.361 e. The molecule has 2 aromatic heterocycles. The van der Waals surface area contributed by atoms with Gasteiger partial charge in [0.15, 0.2) is 0 Å². The average Bonchev–Trinajstić information content (AvgIpc) is 3.37. The molecule has 1 aliphatic rings. The molecule has 1 aliphatic heterocycles. The van der Waals surface area contributed by atoms with Crippen molar-refractivity contribution in [1.82, 2.24) is 20.3 Å². The van der Waals surface area contributed by atoms with Crippen molar-refractivity contribution in [2.75, 3.05) is 6.54 Å². The van der Waals surface area contributed by atoms with Gasteiger partial charge in [-0.05, 0) is 50.4 Å². The first-order chi connectivity index (χ1) is 13.0. The molecule has 1 saturated heterocycles. The summed E-state index contributed by atoms with van der Waals surface area (Å²) in [5.74, 6) is 1.34. The molecule has 1 atom stereocenters. The van der Waals surface area contributed by atoms with Gasteiger partial charge < -0.3 is 4.52 Å². The summed E-state index contributed by atoms with van der Waals surface area (Å²) in [4.78, 5) is 2.50. The molecule has 1 fully saturated rings. The van der Waals surface area contributed by atoms with Gasteiger partial charge in [-0.3, -0.25) is 10.00 Å². The number of hydrogen-bond acceptors (Lipinski definition) is 4. The SMILES string of the molecule is Cc1ccc(-c2[nH]ncc2CN2CCCC2c2cc(C(C)C)on2)cc1C. The Hall–Kier alpha value is -2.40. The lowest BCUT2D eigenvalue weighted by Gasteiger charge is -2.22. The summed E-state index contributed by atoms with van der Waals surface area (Å²) in [6.07, 6.45) is 4.27. The van der Waals surface area contributed by atoms with Crippen molar-refractivity contribution in [2.24, 2.45) is 0 Å². The second-order valence-electron chi connectivity index (χ2n) is 8.01. The lowest BCUT2D eigenvalue weighted by Crippen LogP contribution is -2.23. The van der Waals surface area contributed by atoms with Crippen LogP contribution in [0.1, 0.15) is 66.8 Å². The summed E-state index contributed by atoms with van der Waals surface area (Å²) in [6, 6.07) is 9.04. The van der Waals surface area contributed by atoms with Crippen LogP contribution in [0.5, 0.6) is 0 Å². The molecule has 0 spiro atoms. The third-order valence-electron chi connectivity index (χ3n) is 5.71. The van der Waals surface area contributed by atoms with Crippen LogP contribution in [0.15, 0.2) is 35.0 Å². The molecule has 1 unspecified atom stereocenters. The van der Waals surface area contributed by atoms with E-state index in [-0.39, 0.29) is 0 Å². The van der Waals surface area contributed by atoms with Crippen LogP contribution in [-0.2, 0) is 6.54 Å². The van der Waals surface area contributed by atoms with Crippen molar-refractivity contribution in [3.8, 4) is 11.3 Å². The van der Waals surface area contributed by atoms with Gasteiger partial charge in [0.1, 0.15) is 11.5 Å². The number of hydrogen-bond donors (Lipinski definition) is 1. The fraction of sp³-hybridized carbons (Fsp3) is 0.455. The molecule has 27 heavy (non-hydrogen) atoms. The first kappa shape index (κ1) is 18.0. The highest BCUT2D eigenvalue weighted by atomic mass is 16.5. The van der Waals surface area contributed by atoms with E-state index in [0.29, 0.717) is 12.0 Å². The smallest absolute Gasteiger partial charge is 0.139 e. The molecule has 4 rings (SSSR count). The maximum atomic E-state index is 5.54. The molecule has 0 bridgehead atoms. The third-order valence-corrected chi connectivity index (χ3v) is 5.71. The lowest BCUT2D eigenvalue weighted by atomic mass is 10.0. The highest BCUT2D eigenvalue weighted by Crippen LogP contribution is 2.35. The Morgan fingerprint density at radius 2 is 2.07 bits per heavy atom. The fourth-order valence-electron chi connectivity index (χ4n) is 3.88. The molecule has 1 N–H and O–H groups in total. The van der Waals surface area contributed by atoms with E-state index in [1.807, 2.05) is 6.20 Å². The first-order valence-electron chi connectivity index (χ1n) is 9.83. The van der Waals surface area contributed by atoms with Crippen LogP contribution >= 0.6 is 0 Å². The van der Waals surface area contributed by atoms with E-state index in [1.54, 1.807) is 0 Å². The van der Waals surface area contributed by atoms with Crippen molar-refractivity contribution in [2.45, 2.75) is 59.0 Å². The van der Waals surface area contributed by atoms with Crippen LogP contribution in [0.25, 0.3) is 11.3 Å². The minimum absolute atomic E-state index is 0.323. The number of H-pyrrole nitrogens is 1. The van der Waals surface area contributed by atoms with Crippen molar-refractivity contribution >= 4 is 0 Å². The van der Waals surface area contributed by atoms with Crippen molar-refractivity contribution < 1.29 is 4.52 Å². The van der Waals surface area contributed by atoms with E-state index in [2.05, 4.69) is 72.2 Å². The molecule has 0 radical (unpaired) electrons. The number of aromatic nitrogens is 3. The molecule has 5 nitrogen and oxygen atoms in total. The lowest BCUT2D eigenvalue weighted by molar-refractivity contribution is 0.236. The quantitative estimate of drug-likeness (QED) is 0.681. The van der Waals surface area contributed by atoms with Crippen molar-refractivity contribution in [1.29, 1.82) is 0 Å². The van der Waals surface area contributed by atoms with Gasteiger partial charge in [-0.25, -0.2) is 0 Å². The Kier molecular flexibility index (Phi) is 4.87. The van der Waals surface area contributed by atoms with Gasteiger partial charge in [-0.2, -0.15) is 5.10 Å². The predicted octanol–water partition coefficient (Wildman–Crippen LogP) is 5.14. The molecule has 0 aliphatic carbocycles. The number of aromatic amines is 1. The Morgan fingerprint density at radius 3 is 2.81 bits per heavy atom. The maximum Gasteiger partial charge on any atom is 0.139 e. The Labute approximate surface area is 160 Å². The Balaban J connectivity index is 1.57. The molecule has 3 aromatic rings. The molecule has 1 aromatic carbocycles. The normalized spacial score (nSPS) is 17.9. The number of nitrogens with one attached hydrogen (secondary N) is 1. The van der Waals surface area contributed by atoms with Gasteiger partial charge in [0.2, 0.25) is 0 Å². The minimum atomic E-state index is 0.323. The van der Waals surface area contributed by atoms with E-state index in [9.17, 15) is 0 Å². The summed E-state index contributed by atoms with van der Waals surface area (Å²) in [7, 11) is 0. The van der Waals surface area contributed by atoms with Crippen LogP contribution in [0, 0.1) is 13.8 Å². The zero-order valence-electron chi connectivity index (χ0n) is 16.6. The van der Waals surface area contributed by atoms with E-state index in [4.69, 9.17) is 4.52 Å². The van der Waals surface area contributed by atoms with Crippen molar-refractivity contribution in [3.05, 3.63) is 58.6 Å². The summed E-state index contributed by atoms with van der Waals surface area (Å²) in [6.45, 7) is 10.5. The number of nitrogens with zero attached hydrogens (tertiary/aromatic N) is 3. The molecular formula is C22H28N4O.